The Hall–Kier alpha value is -3.29. The second kappa shape index (κ2) is 13.6. The maximum atomic E-state index is 14.3. The van der Waals surface area contributed by atoms with Gasteiger partial charge in [-0.25, -0.2) is 4.39 Å². The van der Waals surface area contributed by atoms with Crippen LogP contribution in [0.25, 0.3) is 11.1 Å². The summed E-state index contributed by atoms with van der Waals surface area (Å²) in [6.45, 7) is 12.3. The summed E-state index contributed by atoms with van der Waals surface area (Å²) in [5.41, 5.74) is 4.06. The fourth-order valence-electron chi connectivity index (χ4n) is 3.73. The van der Waals surface area contributed by atoms with Crippen LogP contribution in [0, 0.1) is 0 Å². The summed E-state index contributed by atoms with van der Waals surface area (Å²) in [4.78, 5) is 18.9. The molecule has 2 aromatic rings. The molecular weight excluding hydrogens is 445 g/mol. The lowest BCUT2D eigenvalue weighted by Crippen LogP contribution is -2.37. The van der Waals surface area contributed by atoms with Crippen LogP contribution in [0.2, 0.25) is 0 Å². The number of nitrogens with one attached hydrogen (secondary N) is 1. The first kappa shape index (κ1) is 26.3. The largest absolute Gasteiger partial charge is 0.494 e. The van der Waals surface area contributed by atoms with Crippen molar-refractivity contribution in [3.63, 3.8) is 0 Å². The average molecular weight is 480 g/mol. The first-order chi connectivity index (χ1) is 16.9. The molecule has 0 atom stereocenters. The van der Waals surface area contributed by atoms with E-state index in [0.717, 1.165) is 35.5 Å². The predicted octanol–water partition coefficient (Wildman–Crippen LogP) is 4.49. The molecule has 6 nitrogen and oxygen atoms in total. The standard InChI is InChI=1S/C28H34FN3O3/c1-4-35-27-9-6-23(7-10-27)24-5-8-26(30-19-24)17-28(33)31-18-21(2)15-25(29)16-22(3)20-32-11-13-34-14-12-32/h5-10,15-16,19H,2,4,11-14,17-18,20H2,1,3H3,(H,31,33)/b22-16+,25-15+. The normalized spacial score (nSPS) is 15.1. The molecule has 0 saturated carbocycles. The molecule has 3 rings (SSSR count). The second-order valence-electron chi connectivity index (χ2n) is 8.52. The molecule has 0 aliphatic carbocycles. The van der Waals surface area contributed by atoms with Gasteiger partial charge >= 0.3 is 0 Å². The molecule has 186 valence electrons. The smallest absolute Gasteiger partial charge is 0.226 e. The molecule has 1 aromatic carbocycles. The SMILES string of the molecule is C=C(/C=C(F)\C=C(/C)CN1CCOCC1)CNC(=O)Cc1ccc(-c2ccc(OCC)cc2)cn1. The van der Waals surface area contributed by atoms with Gasteiger partial charge in [0.05, 0.1) is 26.2 Å². The number of hydrogen-bond donors (Lipinski definition) is 1. The average Bonchev–Trinajstić information content (AvgIpc) is 2.84. The highest BCUT2D eigenvalue weighted by atomic mass is 19.1. The summed E-state index contributed by atoms with van der Waals surface area (Å²) >= 11 is 0. The highest BCUT2D eigenvalue weighted by Gasteiger charge is 2.10. The Balaban J connectivity index is 1.44. The zero-order valence-corrected chi connectivity index (χ0v) is 20.6. The van der Waals surface area contributed by atoms with Gasteiger partial charge < -0.3 is 14.8 Å². The number of ether oxygens (including phenoxy) is 2. The number of amides is 1. The van der Waals surface area contributed by atoms with Gasteiger partial charge in [0.2, 0.25) is 5.91 Å². The van der Waals surface area contributed by atoms with Crippen molar-refractivity contribution in [3.8, 4) is 16.9 Å². The molecule has 0 bridgehead atoms. The molecule has 0 radical (unpaired) electrons. The molecule has 1 aliphatic rings. The van der Waals surface area contributed by atoms with E-state index in [-0.39, 0.29) is 24.7 Å². The van der Waals surface area contributed by atoms with Gasteiger partial charge in [-0.3, -0.25) is 14.7 Å². The maximum absolute atomic E-state index is 14.3. The van der Waals surface area contributed by atoms with Crippen molar-refractivity contribution in [2.24, 2.45) is 0 Å². The first-order valence-corrected chi connectivity index (χ1v) is 11.9. The summed E-state index contributed by atoms with van der Waals surface area (Å²) < 4.78 is 25.1. The molecule has 0 spiro atoms. The van der Waals surface area contributed by atoms with Gasteiger partial charge in [0.15, 0.2) is 0 Å². The summed E-state index contributed by atoms with van der Waals surface area (Å²) in [6.07, 6.45) is 4.76. The first-order valence-electron chi connectivity index (χ1n) is 11.9. The van der Waals surface area contributed by atoms with Gasteiger partial charge in [0.25, 0.3) is 0 Å². The van der Waals surface area contributed by atoms with E-state index in [2.05, 4.69) is 21.8 Å². The number of nitrogens with zero attached hydrogens (tertiary/aromatic N) is 2. The Morgan fingerprint density at radius 2 is 1.89 bits per heavy atom. The lowest BCUT2D eigenvalue weighted by atomic mass is 10.1. The molecule has 35 heavy (non-hydrogen) atoms. The summed E-state index contributed by atoms with van der Waals surface area (Å²) in [6, 6.07) is 11.6. The minimum absolute atomic E-state index is 0.140. The van der Waals surface area contributed by atoms with Gasteiger partial charge in [0, 0.05) is 43.6 Å². The third-order valence-corrected chi connectivity index (χ3v) is 5.48. The zero-order chi connectivity index (χ0) is 25.0. The lowest BCUT2D eigenvalue weighted by molar-refractivity contribution is -0.120. The number of hydrogen-bond acceptors (Lipinski definition) is 5. The van der Waals surface area contributed by atoms with E-state index >= 15 is 0 Å². The fourth-order valence-corrected chi connectivity index (χ4v) is 3.73. The van der Waals surface area contributed by atoms with E-state index in [0.29, 0.717) is 37.6 Å². The Morgan fingerprint density at radius 1 is 1.17 bits per heavy atom. The van der Waals surface area contributed by atoms with E-state index in [4.69, 9.17) is 9.47 Å². The number of benzene rings is 1. The van der Waals surface area contributed by atoms with Crippen molar-refractivity contribution < 1.29 is 18.7 Å². The molecular formula is C28H34FN3O3. The molecule has 7 heteroatoms. The van der Waals surface area contributed by atoms with E-state index in [1.165, 1.54) is 12.2 Å². The van der Waals surface area contributed by atoms with Gasteiger partial charge in [-0.15, -0.1) is 0 Å². The number of carbonyl (C=O) groups excluding carboxylic acids is 1. The van der Waals surface area contributed by atoms with Crippen LogP contribution in [0.15, 0.2) is 78.3 Å². The Labute approximate surface area is 207 Å². The van der Waals surface area contributed by atoms with Crippen molar-refractivity contribution in [3.05, 3.63) is 84.0 Å². The lowest BCUT2D eigenvalue weighted by Gasteiger charge is -2.26. The van der Waals surface area contributed by atoms with Crippen molar-refractivity contribution >= 4 is 5.91 Å². The Bertz CT molecular complexity index is 1040. The second-order valence-corrected chi connectivity index (χ2v) is 8.52. The Morgan fingerprint density at radius 3 is 2.54 bits per heavy atom. The monoisotopic (exact) mass is 479 g/mol. The van der Waals surface area contributed by atoms with Crippen molar-refractivity contribution in [2.75, 3.05) is 46.0 Å². The van der Waals surface area contributed by atoms with Crippen LogP contribution in [0.3, 0.4) is 0 Å². The zero-order valence-electron chi connectivity index (χ0n) is 20.6. The number of aromatic nitrogens is 1. The van der Waals surface area contributed by atoms with Gasteiger partial charge in [-0.1, -0.05) is 30.4 Å². The quantitative estimate of drug-likeness (QED) is 0.481. The third-order valence-electron chi connectivity index (χ3n) is 5.48. The van der Waals surface area contributed by atoms with Crippen LogP contribution < -0.4 is 10.1 Å². The van der Waals surface area contributed by atoms with Gasteiger partial charge in [-0.2, -0.15) is 0 Å². The number of pyridine rings is 1. The van der Waals surface area contributed by atoms with Crippen LogP contribution in [0.5, 0.6) is 5.75 Å². The number of halogens is 1. The Kier molecular flexibility index (Phi) is 10.2. The number of morpholine rings is 1. The molecule has 2 heterocycles. The predicted molar refractivity (Wildman–Crippen MR) is 137 cm³/mol. The topological polar surface area (TPSA) is 63.7 Å². The van der Waals surface area contributed by atoms with Crippen molar-refractivity contribution in [1.82, 2.24) is 15.2 Å². The fraction of sp³-hybridized carbons (Fsp3) is 0.357. The molecule has 1 saturated heterocycles. The van der Waals surface area contributed by atoms with Gasteiger partial charge in [0.1, 0.15) is 11.6 Å². The molecule has 1 aliphatic heterocycles. The molecule has 1 aromatic heterocycles. The summed E-state index contributed by atoms with van der Waals surface area (Å²) in [7, 11) is 0. The van der Waals surface area contributed by atoms with E-state index in [1.54, 1.807) is 6.20 Å². The van der Waals surface area contributed by atoms with Crippen LogP contribution in [0.4, 0.5) is 4.39 Å². The minimum atomic E-state index is -0.374. The molecule has 1 fully saturated rings. The third kappa shape index (κ3) is 9.11. The van der Waals surface area contributed by atoms with Crippen molar-refractivity contribution in [1.29, 1.82) is 0 Å². The van der Waals surface area contributed by atoms with Crippen LogP contribution in [0.1, 0.15) is 19.5 Å². The van der Waals surface area contributed by atoms with E-state index in [9.17, 15) is 9.18 Å². The molecule has 1 amide bonds. The molecule has 0 unspecified atom stereocenters. The van der Waals surface area contributed by atoms with Crippen LogP contribution in [-0.2, 0) is 16.0 Å². The highest BCUT2D eigenvalue weighted by Crippen LogP contribution is 2.22. The van der Waals surface area contributed by atoms with Crippen molar-refractivity contribution in [2.45, 2.75) is 20.3 Å². The van der Waals surface area contributed by atoms with Crippen LogP contribution >= 0.6 is 0 Å². The molecule has 1 N–H and O–H groups in total. The number of rotatable bonds is 11. The van der Waals surface area contributed by atoms with Gasteiger partial charge in [-0.05, 0) is 55.3 Å². The van der Waals surface area contributed by atoms with Crippen LogP contribution in [-0.4, -0.2) is 61.8 Å². The summed E-state index contributed by atoms with van der Waals surface area (Å²) in [5.74, 6) is 0.259. The number of carbonyl (C=O) groups is 1. The highest BCUT2D eigenvalue weighted by molar-refractivity contribution is 5.78. The minimum Gasteiger partial charge on any atom is -0.494 e. The van der Waals surface area contributed by atoms with E-state index < -0.39 is 0 Å². The summed E-state index contributed by atoms with van der Waals surface area (Å²) in [5, 5.41) is 2.77. The number of allylic oxidation sites excluding steroid dienone is 2. The van der Waals surface area contributed by atoms with E-state index in [1.807, 2.05) is 50.2 Å². The maximum Gasteiger partial charge on any atom is 0.226 e.